The Morgan fingerprint density at radius 3 is 2.42 bits per heavy atom. The minimum absolute atomic E-state index is 0.0493. The highest BCUT2D eigenvalue weighted by atomic mass is 16.5. The van der Waals surface area contributed by atoms with Crippen LogP contribution in [0.2, 0.25) is 0 Å². The first-order valence-corrected chi connectivity index (χ1v) is 10.4. The Hall–Kier alpha value is -4.46. The molecule has 1 fully saturated rings. The summed E-state index contributed by atoms with van der Waals surface area (Å²) in [6, 6.07) is 21.8. The van der Waals surface area contributed by atoms with Crippen molar-refractivity contribution in [2.24, 2.45) is 0 Å². The van der Waals surface area contributed by atoms with Crippen molar-refractivity contribution in [1.29, 1.82) is 0 Å². The Morgan fingerprint density at radius 1 is 0.970 bits per heavy atom. The summed E-state index contributed by atoms with van der Waals surface area (Å²) in [6.07, 6.45) is 0.708. The van der Waals surface area contributed by atoms with E-state index < -0.39 is 17.5 Å². The molecule has 8 heteroatoms. The van der Waals surface area contributed by atoms with Gasteiger partial charge in [-0.25, -0.2) is 4.79 Å². The number of urea groups is 1. The highest BCUT2D eigenvalue weighted by Gasteiger charge is 2.43. The lowest BCUT2D eigenvalue weighted by molar-refractivity contribution is -0.123. The maximum absolute atomic E-state index is 12.1. The molecular weight excluding hydrogens is 420 g/mol. The van der Waals surface area contributed by atoms with Gasteiger partial charge in [0.25, 0.3) is 11.8 Å². The van der Waals surface area contributed by atoms with Crippen LogP contribution in [-0.2, 0) is 16.8 Å². The number of imide groups is 1. The van der Waals surface area contributed by atoms with Crippen LogP contribution in [0.15, 0.2) is 77.3 Å². The summed E-state index contributed by atoms with van der Waals surface area (Å²) in [7, 11) is 0. The third-order valence-corrected chi connectivity index (χ3v) is 5.73. The van der Waals surface area contributed by atoms with E-state index in [1.165, 1.54) is 0 Å². The van der Waals surface area contributed by atoms with Crippen molar-refractivity contribution in [1.82, 2.24) is 20.8 Å². The smallest absolute Gasteiger partial charge is 0.322 e. The van der Waals surface area contributed by atoms with Crippen LogP contribution in [0, 0.1) is 0 Å². The van der Waals surface area contributed by atoms with E-state index in [-0.39, 0.29) is 11.6 Å². The second-order valence-corrected chi connectivity index (χ2v) is 8.05. The van der Waals surface area contributed by atoms with Gasteiger partial charge in [0.15, 0.2) is 0 Å². The molecule has 1 aliphatic heterocycles. The highest BCUT2D eigenvalue weighted by molar-refractivity contribution is 6.07. The van der Waals surface area contributed by atoms with Gasteiger partial charge in [0.1, 0.15) is 11.3 Å². The van der Waals surface area contributed by atoms with Gasteiger partial charge in [-0.05, 0) is 42.2 Å². The van der Waals surface area contributed by atoms with Crippen LogP contribution in [0.1, 0.15) is 23.6 Å². The normalized spacial score (nSPS) is 17.6. The van der Waals surface area contributed by atoms with E-state index in [2.05, 4.69) is 20.8 Å². The van der Waals surface area contributed by atoms with E-state index in [0.29, 0.717) is 28.9 Å². The Balaban J connectivity index is 1.40. The molecule has 5 rings (SSSR count). The van der Waals surface area contributed by atoms with Crippen molar-refractivity contribution in [2.45, 2.75) is 18.9 Å². The van der Waals surface area contributed by atoms with Crippen molar-refractivity contribution in [3.8, 4) is 28.6 Å². The topological polar surface area (TPSA) is 117 Å². The molecule has 0 aliphatic carbocycles. The van der Waals surface area contributed by atoms with Crippen molar-refractivity contribution in [3.63, 3.8) is 0 Å². The summed E-state index contributed by atoms with van der Waals surface area (Å²) in [5, 5.41) is 19.3. The monoisotopic (exact) mass is 440 g/mol. The second kappa shape index (κ2) is 7.90. The van der Waals surface area contributed by atoms with Crippen LogP contribution >= 0.6 is 0 Å². The zero-order valence-corrected chi connectivity index (χ0v) is 17.7. The average molecular weight is 440 g/mol. The molecule has 8 nitrogen and oxygen atoms in total. The number of amides is 3. The van der Waals surface area contributed by atoms with Crippen molar-refractivity contribution in [3.05, 3.63) is 89.5 Å². The molecule has 1 saturated heterocycles. The molecule has 33 heavy (non-hydrogen) atoms. The summed E-state index contributed by atoms with van der Waals surface area (Å²) in [6.45, 7) is 1.64. The predicted molar refractivity (Wildman–Crippen MR) is 120 cm³/mol. The van der Waals surface area contributed by atoms with Crippen LogP contribution in [0.25, 0.3) is 22.8 Å². The highest BCUT2D eigenvalue weighted by Crippen LogP contribution is 2.32. The molecule has 1 aromatic heterocycles. The number of nitrogens with zero attached hydrogens (tertiary/aromatic N) is 2. The summed E-state index contributed by atoms with van der Waals surface area (Å²) < 4.78 is 5.43. The number of phenols is 1. The van der Waals surface area contributed by atoms with E-state index in [0.717, 1.165) is 11.1 Å². The SMILES string of the molecule is CC1(c2ccc(-c3noc(-c4cc(Cc5ccccc5)ccc4O)n3)cc2)NC(=O)NC1=O. The zero-order chi connectivity index (χ0) is 23.0. The Morgan fingerprint density at radius 2 is 1.73 bits per heavy atom. The number of hydrogen-bond donors (Lipinski definition) is 3. The molecule has 3 aromatic carbocycles. The lowest BCUT2D eigenvalue weighted by atomic mass is 9.91. The summed E-state index contributed by atoms with van der Waals surface area (Å²) in [5.74, 6) is 0.187. The molecular formula is C25H20N4O4. The van der Waals surface area contributed by atoms with E-state index in [1.807, 2.05) is 42.5 Å². The van der Waals surface area contributed by atoms with Gasteiger partial charge in [0.2, 0.25) is 5.82 Å². The molecule has 4 aromatic rings. The molecule has 0 radical (unpaired) electrons. The summed E-state index contributed by atoms with van der Waals surface area (Å²) >= 11 is 0. The Labute approximate surface area is 189 Å². The number of benzene rings is 3. The molecule has 0 saturated carbocycles. The van der Waals surface area contributed by atoms with Crippen molar-refractivity contribution in [2.75, 3.05) is 0 Å². The molecule has 2 heterocycles. The number of carbonyl (C=O) groups is 2. The van der Waals surface area contributed by atoms with Gasteiger partial charge in [-0.2, -0.15) is 4.98 Å². The fraction of sp³-hybridized carbons (Fsp3) is 0.120. The third kappa shape index (κ3) is 3.82. The average Bonchev–Trinajstić information content (AvgIpc) is 3.40. The van der Waals surface area contributed by atoms with Gasteiger partial charge >= 0.3 is 6.03 Å². The van der Waals surface area contributed by atoms with E-state index in [4.69, 9.17) is 4.52 Å². The number of carbonyl (C=O) groups excluding carboxylic acids is 2. The minimum Gasteiger partial charge on any atom is -0.507 e. The maximum Gasteiger partial charge on any atom is 0.322 e. The second-order valence-electron chi connectivity index (χ2n) is 8.05. The van der Waals surface area contributed by atoms with Crippen LogP contribution < -0.4 is 10.6 Å². The van der Waals surface area contributed by atoms with Crippen molar-refractivity contribution < 1.29 is 19.2 Å². The molecule has 164 valence electrons. The van der Waals surface area contributed by atoms with Gasteiger partial charge in [-0.1, -0.05) is 65.8 Å². The van der Waals surface area contributed by atoms with Gasteiger partial charge in [-0.15, -0.1) is 0 Å². The first-order chi connectivity index (χ1) is 15.9. The zero-order valence-electron chi connectivity index (χ0n) is 17.7. The maximum atomic E-state index is 12.1. The fourth-order valence-electron chi connectivity index (χ4n) is 3.85. The molecule has 3 N–H and O–H groups in total. The van der Waals surface area contributed by atoms with E-state index in [1.54, 1.807) is 37.3 Å². The molecule has 0 bridgehead atoms. The standard InChI is InChI=1S/C25H20N4O4/c1-25(23(31)27-24(32)28-25)18-10-8-17(9-11-18)21-26-22(33-29-21)19-14-16(7-12-20(19)30)13-15-5-3-2-4-6-15/h2-12,14,30H,13H2,1H3,(H2,27,28,31,32). The van der Waals surface area contributed by atoms with Gasteiger partial charge in [-0.3, -0.25) is 10.1 Å². The number of rotatable bonds is 5. The largest absolute Gasteiger partial charge is 0.507 e. The van der Waals surface area contributed by atoms with Crippen LogP contribution in [0.4, 0.5) is 4.79 Å². The van der Waals surface area contributed by atoms with Crippen LogP contribution in [0.5, 0.6) is 5.75 Å². The minimum atomic E-state index is -1.14. The summed E-state index contributed by atoms with van der Waals surface area (Å²) in [4.78, 5) is 28.1. The summed E-state index contributed by atoms with van der Waals surface area (Å²) in [5.41, 5.74) is 2.77. The number of nitrogens with one attached hydrogen (secondary N) is 2. The van der Waals surface area contributed by atoms with Gasteiger partial charge < -0.3 is 14.9 Å². The molecule has 0 spiro atoms. The first kappa shape index (κ1) is 20.4. The number of phenolic OH excluding ortho intramolecular Hbond substituents is 1. The Kier molecular flexibility index (Phi) is 4.90. The quantitative estimate of drug-likeness (QED) is 0.407. The predicted octanol–water partition coefficient (Wildman–Crippen LogP) is 3.75. The van der Waals surface area contributed by atoms with Crippen LogP contribution in [-0.4, -0.2) is 27.2 Å². The Bertz CT molecular complexity index is 1350. The molecule has 1 aliphatic rings. The lowest BCUT2D eigenvalue weighted by Gasteiger charge is -2.20. The van der Waals surface area contributed by atoms with Crippen molar-refractivity contribution >= 4 is 11.9 Å². The number of aromatic nitrogens is 2. The third-order valence-electron chi connectivity index (χ3n) is 5.73. The van der Waals surface area contributed by atoms with E-state index in [9.17, 15) is 14.7 Å². The molecule has 3 amide bonds. The molecule has 1 atom stereocenters. The van der Waals surface area contributed by atoms with Gasteiger partial charge in [0.05, 0.1) is 5.56 Å². The van der Waals surface area contributed by atoms with Crippen LogP contribution in [0.3, 0.4) is 0 Å². The molecule has 1 unspecified atom stereocenters. The lowest BCUT2D eigenvalue weighted by Crippen LogP contribution is -2.40. The number of aromatic hydroxyl groups is 1. The van der Waals surface area contributed by atoms with E-state index >= 15 is 0 Å². The number of hydrogen-bond acceptors (Lipinski definition) is 6. The van der Waals surface area contributed by atoms with Gasteiger partial charge in [0, 0.05) is 5.56 Å². The first-order valence-electron chi connectivity index (χ1n) is 10.4. The fourth-order valence-corrected chi connectivity index (χ4v) is 3.85.